The van der Waals surface area contributed by atoms with Crippen molar-refractivity contribution < 1.29 is 19.1 Å². The number of unbranched alkanes of at least 4 members (excludes halogenated alkanes) is 1. The molecule has 2 aromatic carbocycles. The average Bonchev–Trinajstić information content (AvgIpc) is 2.71. The normalized spacial score (nSPS) is 9.93. The van der Waals surface area contributed by atoms with E-state index in [1.165, 1.54) is 6.08 Å². The second kappa shape index (κ2) is 12.3. The van der Waals surface area contributed by atoms with Crippen LogP contribution >= 0.6 is 0 Å². The van der Waals surface area contributed by atoms with Gasteiger partial charge in [0.1, 0.15) is 12.4 Å². The summed E-state index contributed by atoms with van der Waals surface area (Å²) in [4.78, 5) is 24.9. The highest BCUT2D eigenvalue weighted by Crippen LogP contribution is 2.14. The summed E-state index contributed by atoms with van der Waals surface area (Å²) >= 11 is 0. The van der Waals surface area contributed by atoms with Gasteiger partial charge < -0.3 is 14.8 Å². The molecule has 0 bridgehead atoms. The van der Waals surface area contributed by atoms with Crippen molar-refractivity contribution >= 4 is 12.2 Å². The molecule has 0 aliphatic rings. The number of alkyl carbamates (subject to hydrolysis) is 1. The maximum atomic E-state index is 11.6. The number of rotatable bonds is 11. The van der Waals surface area contributed by atoms with Gasteiger partial charge in [-0.2, -0.15) is 0 Å². The zero-order valence-electron chi connectivity index (χ0n) is 15.2. The number of ether oxygens (including phenoxy) is 2. The molecule has 1 amide bonds. The lowest BCUT2D eigenvalue weighted by atomic mass is 10.1. The Labute approximate surface area is 159 Å². The molecule has 142 valence electrons. The van der Waals surface area contributed by atoms with Gasteiger partial charge in [0.15, 0.2) is 0 Å². The molecule has 0 saturated heterocycles. The molecule has 0 aliphatic heterocycles. The summed E-state index contributed by atoms with van der Waals surface area (Å²) in [5.41, 5.74) is 2.19. The van der Waals surface area contributed by atoms with Gasteiger partial charge in [0, 0.05) is 13.0 Å². The van der Waals surface area contributed by atoms with E-state index >= 15 is 0 Å². The van der Waals surface area contributed by atoms with Crippen molar-refractivity contribution in [1.82, 2.24) is 5.32 Å². The molecule has 0 spiro atoms. The average molecular weight is 368 g/mol. The van der Waals surface area contributed by atoms with Crippen LogP contribution in [0, 0.1) is 0 Å². The van der Waals surface area contributed by atoms with Crippen molar-refractivity contribution in [2.45, 2.75) is 25.9 Å². The molecule has 2 aromatic rings. The Kier molecular flexibility index (Phi) is 9.19. The van der Waals surface area contributed by atoms with Crippen molar-refractivity contribution in [1.29, 1.82) is 0 Å². The Morgan fingerprint density at radius 3 is 2.52 bits per heavy atom. The van der Waals surface area contributed by atoms with Crippen LogP contribution in [0.15, 0.2) is 59.6 Å². The summed E-state index contributed by atoms with van der Waals surface area (Å²) < 4.78 is 10.9. The summed E-state index contributed by atoms with van der Waals surface area (Å²) in [6.45, 7) is 1.78. The van der Waals surface area contributed by atoms with Gasteiger partial charge in [-0.05, 0) is 36.1 Å². The molecule has 0 radical (unpaired) electrons. The molecule has 1 N–H and O–H groups in total. The van der Waals surface area contributed by atoms with Gasteiger partial charge in [0.2, 0.25) is 6.08 Å². The third-order valence-electron chi connectivity index (χ3n) is 3.83. The Hall–Kier alpha value is -3.11. The van der Waals surface area contributed by atoms with Crippen molar-refractivity contribution in [3.05, 3.63) is 65.7 Å². The fourth-order valence-corrected chi connectivity index (χ4v) is 2.36. The third-order valence-corrected chi connectivity index (χ3v) is 3.83. The van der Waals surface area contributed by atoms with Gasteiger partial charge >= 0.3 is 6.09 Å². The molecule has 2 rings (SSSR count). The molecule has 0 heterocycles. The molecule has 0 saturated carbocycles. The molecule has 27 heavy (non-hydrogen) atoms. The van der Waals surface area contributed by atoms with Gasteiger partial charge in [-0.1, -0.05) is 42.5 Å². The van der Waals surface area contributed by atoms with E-state index in [1.807, 2.05) is 54.6 Å². The highest BCUT2D eigenvalue weighted by Gasteiger charge is 2.02. The van der Waals surface area contributed by atoms with Crippen LogP contribution in [0.3, 0.4) is 0 Å². The van der Waals surface area contributed by atoms with Crippen molar-refractivity contribution in [2.75, 3.05) is 19.7 Å². The smallest absolute Gasteiger partial charge is 0.407 e. The van der Waals surface area contributed by atoms with E-state index in [1.54, 1.807) is 0 Å². The van der Waals surface area contributed by atoms with Crippen LogP contribution in [0.4, 0.5) is 4.79 Å². The number of hydrogen-bond acceptors (Lipinski definition) is 5. The fourth-order valence-electron chi connectivity index (χ4n) is 2.36. The predicted molar refractivity (Wildman–Crippen MR) is 102 cm³/mol. The van der Waals surface area contributed by atoms with E-state index in [4.69, 9.17) is 9.47 Å². The van der Waals surface area contributed by atoms with Crippen LogP contribution in [0.2, 0.25) is 0 Å². The predicted octanol–water partition coefficient (Wildman–Crippen LogP) is 3.65. The number of isocyanates is 1. The number of hydrogen-bond donors (Lipinski definition) is 1. The van der Waals surface area contributed by atoms with Crippen molar-refractivity contribution in [3.63, 3.8) is 0 Å². The van der Waals surface area contributed by atoms with Crippen LogP contribution in [0.25, 0.3) is 0 Å². The van der Waals surface area contributed by atoms with Gasteiger partial charge in [-0.25, -0.2) is 14.6 Å². The lowest BCUT2D eigenvalue weighted by Crippen LogP contribution is -2.26. The van der Waals surface area contributed by atoms with Crippen molar-refractivity contribution in [3.8, 4) is 5.75 Å². The standard InChI is InChI=1S/C21H24N2O4/c24-17-22-13-4-5-14-23-21(25)26-15-12-18-8-10-20(11-9-18)27-16-19-6-2-1-3-7-19/h1-3,6-11H,4-5,12-16H2,(H,23,25). The van der Waals surface area contributed by atoms with Gasteiger partial charge in [-0.3, -0.25) is 0 Å². The molecule has 0 aromatic heterocycles. The topological polar surface area (TPSA) is 77.0 Å². The van der Waals surface area contributed by atoms with Crippen LogP contribution in [-0.4, -0.2) is 31.9 Å². The Bertz CT molecular complexity index is 726. The fraction of sp³-hybridized carbons (Fsp3) is 0.333. The minimum absolute atomic E-state index is 0.311. The van der Waals surface area contributed by atoms with Crippen LogP contribution in [-0.2, 0) is 22.6 Å². The largest absolute Gasteiger partial charge is 0.489 e. The maximum Gasteiger partial charge on any atom is 0.407 e. The number of nitrogens with zero attached hydrogens (tertiary/aromatic N) is 1. The number of carbonyl (C=O) groups is 1. The van der Waals surface area contributed by atoms with Crippen LogP contribution in [0.1, 0.15) is 24.0 Å². The first-order chi connectivity index (χ1) is 13.3. The van der Waals surface area contributed by atoms with Gasteiger partial charge in [0.05, 0.1) is 13.2 Å². The SMILES string of the molecule is O=C=NCCCCNC(=O)OCCc1ccc(OCc2ccccc2)cc1. The van der Waals surface area contributed by atoms with E-state index in [9.17, 15) is 9.59 Å². The zero-order valence-corrected chi connectivity index (χ0v) is 15.2. The van der Waals surface area contributed by atoms with E-state index < -0.39 is 6.09 Å². The molecule has 0 aliphatic carbocycles. The van der Waals surface area contributed by atoms with E-state index in [2.05, 4.69) is 10.3 Å². The number of amides is 1. The number of carbonyl (C=O) groups excluding carboxylic acids is 2. The Morgan fingerprint density at radius 2 is 1.78 bits per heavy atom. The highest BCUT2D eigenvalue weighted by molar-refractivity contribution is 5.67. The maximum absolute atomic E-state index is 11.6. The summed E-state index contributed by atoms with van der Waals surface area (Å²) in [7, 11) is 0. The summed E-state index contributed by atoms with van der Waals surface area (Å²) in [5.74, 6) is 0.806. The van der Waals surface area contributed by atoms with E-state index in [0.29, 0.717) is 32.7 Å². The van der Waals surface area contributed by atoms with Gasteiger partial charge in [0.25, 0.3) is 0 Å². The molecule has 0 atom stereocenters. The number of nitrogens with one attached hydrogen (secondary N) is 1. The molecular weight excluding hydrogens is 344 g/mol. The second-order valence-corrected chi connectivity index (χ2v) is 5.91. The zero-order chi connectivity index (χ0) is 19.2. The van der Waals surface area contributed by atoms with Gasteiger partial charge in [-0.15, -0.1) is 0 Å². The minimum atomic E-state index is -0.434. The molecule has 0 unspecified atom stereocenters. The molecule has 6 heteroatoms. The van der Waals surface area contributed by atoms with E-state index in [-0.39, 0.29) is 0 Å². The van der Waals surface area contributed by atoms with Crippen LogP contribution < -0.4 is 10.1 Å². The van der Waals surface area contributed by atoms with Crippen LogP contribution in [0.5, 0.6) is 5.75 Å². The summed E-state index contributed by atoms with van der Waals surface area (Å²) in [6, 6.07) is 17.8. The lowest BCUT2D eigenvalue weighted by Gasteiger charge is -2.08. The first kappa shape index (κ1) is 20.2. The first-order valence-corrected chi connectivity index (χ1v) is 8.98. The highest BCUT2D eigenvalue weighted by atomic mass is 16.5. The van der Waals surface area contributed by atoms with E-state index in [0.717, 1.165) is 29.7 Å². The summed E-state index contributed by atoms with van der Waals surface area (Å²) in [6.07, 6.45) is 3.16. The number of aliphatic imine (C=N–C) groups is 1. The molecular formula is C21H24N2O4. The molecule has 6 nitrogen and oxygen atoms in total. The molecule has 0 fully saturated rings. The Balaban J connectivity index is 1.59. The minimum Gasteiger partial charge on any atom is -0.489 e. The quantitative estimate of drug-likeness (QED) is 0.373. The summed E-state index contributed by atoms with van der Waals surface area (Å²) in [5, 5.41) is 2.67. The first-order valence-electron chi connectivity index (χ1n) is 8.98. The monoisotopic (exact) mass is 368 g/mol. The third kappa shape index (κ3) is 8.70. The van der Waals surface area contributed by atoms with Crippen molar-refractivity contribution in [2.24, 2.45) is 4.99 Å². The Morgan fingerprint density at radius 1 is 1.00 bits per heavy atom. The number of benzene rings is 2. The second-order valence-electron chi connectivity index (χ2n) is 5.91. The lowest BCUT2D eigenvalue weighted by molar-refractivity contribution is 0.147.